The number of methoxy groups -OCH3 is 1. The zero-order valence-electron chi connectivity index (χ0n) is 13.4. The number of benzene rings is 1. The van der Waals surface area contributed by atoms with Gasteiger partial charge in [0.2, 0.25) is 5.89 Å². The zero-order chi connectivity index (χ0) is 17.3. The minimum atomic E-state index is -0.0957. The minimum absolute atomic E-state index is 0.0957. The van der Waals surface area contributed by atoms with Crippen molar-refractivity contribution in [3.8, 4) is 5.75 Å². The molecule has 1 aliphatic rings. The highest BCUT2D eigenvalue weighted by Gasteiger charge is 2.28. The smallest absolute Gasteiger partial charge is 0.253 e. The lowest BCUT2D eigenvalue weighted by Crippen LogP contribution is -2.38. The van der Waals surface area contributed by atoms with Crippen LogP contribution in [0.1, 0.15) is 40.8 Å². The minimum Gasteiger partial charge on any atom is -0.494 e. The van der Waals surface area contributed by atoms with Gasteiger partial charge in [0, 0.05) is 24.6 Å². The molecular weight excluding hydrogens is 353 g/mol. The van der Waals surface area contributed by atoms with Crippen LogP contribution in [0.25, 0.3) is 0 Å². The lowest BCUT2D eigenvalue weighted by Gasteiger charge is -2.30. The standard InChI is InChI=1S/C16H17Cl2N3O3/c1-9-19-15(24-20-9)10-3-5-21(6-4-10)16(22)11-7-12(17)14(23-2)13(18)8-11/h7-8,10H,3-6H2,1-2H3. The van der Waals surface area contributed by atoms with E-state index in [-0.39, 0.29) is 11.8 Å². The van der Waals surface area contributed by atoms with Crippen LogP contribution in [0.3, 0.4) is 0 Å². The number of carbonyl (C=O) groups is 1. The van der Waals surface area contributed by atoms with E-state index in [9.17, 15) is 4.79 Å². The van der Waals surface area contributed by atoms with Gasteiger partial charge >= 0.3 is 0 Å². The Labute approximate surface area is 149 Å². The number of nitrogens with zero attached hydrogens (tertiary/aromatic N) is 3. The van der Waals surface area contributed by atoms with E-state index in [1.807, 2.05) is 0 Å². The molecular formula is C16H17Cl2N3O3. The topological polar surface area (TPSA) is 68.5 Å². The molecule has 3 rings (SSSR count). The van der Waals surface area contributed by atoms with Crippen LogP contribution in [-0.2, 0) is 0 Å². The third-order valence-corrected chi connectivity index (χ3v) is 4.69. The second-order valence-electron chi connectivity index (χ2n) is 5.72. The number of likely N-dealkylation sites (tertiary alicyclic amines) is 1. The third-order valence-electron chi connectivity index (χ3n) is 4.12. The Morgan fingerprint density at radius 3 is 2.42 bits per heavy atom. The number of aromatic nitrogens is 2. The summed E-state index contributed by atoms with van der Waals surface area (Å²) in [5, 5.41) is 4.47. The molecule has 0 bridgehead atoms. The number of halogens is 2. The maximum absolute atomic E-state index is 12.7. The van der Waals surface area contributed by atoms with E-state index in [2.05, 4.69) is 10.1 Å². The number of amides is 1. The Morgan fingerprint density at radius 2 is 1.92 bits per heavy atom. The lowest BCUT2D eigenvalue weighted by atomic mass is 9.96. The van der Waals surface area contributed by atoms with Crippen molar-refractivity contribution < 1.29 is 14.1 Å². The second-order valence-corrected chi connectivity index (χ2v) is 6.53. The molecule has 1 aromatic carbocycles. The number of rotatable bonds is 3. The molecule has 0 atom stereocenters. The quantitative estimate of drug-likeness (QED) is 0.824. The average molecular weight is 370 g/mol. The van der Waals surface area contributed by atoms with E-state index >= 15 is 0 Å². The maximum Gasteiger partial charge on any atom is 0.253 e. The number of piperidine rings is 1. The highest BCUT2D eigenvalue weighted by atomic mass is 35.5. The number of hydrogen-bond acceptors (Lipinski definition) is 5. The van der Waals surface area contributed by atoms with Crippen LogP contribution >= 0.6 is 23.2 Å². The van der Waals surface area contributed by atoms with Crippen molar-refractivity contribution in [1.29, 1.82) is 0 Å². The number of hydrogen-bond donors (Lipinski definition) is 0. The SMILES string of the molecule is COc1c(Cl)cc(C(=O)N2CCC(c3nc(C)no3)CC2)cc1Cl. The van der Waals surface area contributed by atoms with Crippen molar-refractivity contribution in [2.75, 3.05) is 20.2 Å². The van der Waals surface area contributed by atoms with Crippen LogP contribution < -0.4 is 4.74 Å². The van der Waals surface area contributed by atoms with Gasteiger partial charge in [0.25, 0.3) is 5.91 Å². The van der Waals surface area contributed by atoms with Crippen molar-refractivity contribution in [2.45, 2.75) is 25.7 Å². The van der Waals surface area contributed by atoms with Crippen molar-refractivity contribution >= 4 is 29.1 Å². The molecule has 2 aromatic rings. The molecule has 8 heteroatoms. The second kappa shape index (κ2) is 6.99. The zero-order valence-corrected chi connectivity index (χ0v) is 14.9. The normalized spacial score (nSPS) is 15.6. The summed E-state index contributed by atoms with van der Waals surface area (Å²) in [4.78, 5) is 18.7. The molecule has 0 saturated carbocycles. The molecule has 0 unspecified atom stereocenters. The molecule has 1 amide bonds. The summed E-state index contributed by atoms with van der Waals surface area (Å²) in [6.07, 6.45) is 1.57. The summed E-state index contributed by atoms with van der Waals surface area (Å²) in [5.74, 6) is 1.75. The van der Waals surface area contributed by atoms with E-state index < -0.39 is 0 Å². The summed E-state index contributed by atoms with van der Waals surface area (Å²) >= 11 is 12.2. The largest absolute Gasteiger partial charge is 0.494 e. The molecule has 128 valence electrons. The third kappa shape index (κ3) is 3.35. The molecule has 1 aromatic heterocycles. The van der Waals surface area contributed by atoms with Gasteiger partial charge in [-0.3, -0.25) is 4.79 Å². The van der Waals surface area contributed by atoms with Crippen molar-refractivity contribution in [3.05, 3.63) is 39.5 Å². The maximum atomic E-state index is 12.7. The van der Waals surface area contributed by atoms with Gasteiger partial charge in [-0.1, -0.05) is 28.4 Å². The molecule has 6 nitrogen and oxygen atoms in total. The van der Waals surface area contributed by atoms with Crippen LogP contribution in [0.2, 0.25) is 10.0 Å². The first-order valence-corrected chi connectivity index (χ1v) is 8.37. The molecule has 1 saturated heterocycles. The summed E-state index contributed by atoms with van der Waals surface area (Å²) in [6, 6.07) is 3.17. The Balaban J connectivity index is 1.69. The highest BCUT2D eigenvalue weighted by Crippen LogP contribution is 2.35. The van der Waals surface area contributed by atoms with E-state index in [1.165, 1.54) is 7.11 Å². The van der Waals surface area contributed by atoms with Crippen molar-refractivity contribution in [2.24, 2.45) is 0 Å². The Hall–Kier alpha value is -1.79. The predicted molar refractivity (Wildman–Crippen MR) is 89.9 cm³/mol. The summed E-state index contributed by atoms with van der Waals surface area (Å²) in [5.41, 5.74) is 0.456. The number of carbonyl (C=O) groups excluding carboxylic acids is 1. The fourth-order valence-electron chi connectivity index (χ4n) is 2.87. The van der Waals surface area contributed by atoms with Crippen LogP contribution in [0.4, 0.5) is 0 Å². The van der Waals surface area contributed by atoms with Gasteiger partial charge in [-0.2, -0.15) is 4.98 Å². The van der Waals surface area contributed by atoms with Crippen LogP contribution in [0.5, 0.6) is 5.75 Å². The first-order valence-electron chi connectivity index (χ1n) is 7.62. The lowest BCUT2D eigenvalue weighted by molar-refractivity contribution is 0.0704. The fourth-order valence-corrected chi connectivity index (χ4v) is 3.51. The van der Waals surface area contributed by atoms with Gasteiger partial charge in [-0.05, 0) is 31.9 Å². The molecule has 0 radical (unpaired) electrons. The monoisotopic (exact) mass is 369 g/mol. The Morgan fingerprint density at radius 1 is 1.29 bits per heavy atom. The van der Waals surface area contributed by atoms with Gasteiger partial charge in [-0.25, -0.2) is 0 Å². The summed E-state index contributed by atoms with van der Waals surface area (Å²) < 4.78 is 10.3. The molecule has 1 aliphatic heterocycles. The number of ether oxygens (including phenoxy) is 1. The predicted octanol–water partition coefficient (Wildman–Crippen LogP) is 3.71. The first kappa shape index (κ1) is 17.0. The average Bonchev–Trinajstić information content (AvgIpc) is 3.00. The Kier molecular flexibility index (Phi) is 4.96. The Bertz CT molecular complexity index is 732. The van der Waals surface area contributed by atoms with E-state index in [0.717, 1.165) is 12.8 Å². The molecule has 0 N–H and O–H groups in total. The van der Waals surface area contributed by atoms with E-state index in [0.29, 0.717) is 46.2 Å². The van der Waals surface area contributed by atoms with Gasteiger partial charge in [0.1, 0.15) is 0 Å². The first-order chi connectivity index (χ1) is 11.5. The fraction of sp³-hybridized carbons (Fsp3) is 0.438. The van der Waals surface area contributed by atoms with E-state index in [1.54, 1.807) is 24.0 Å². The molecule has 0 spiro atoms. The molecule has 2 heterocycles. The van der Waals surface area contributed by atoms with Gasteiger partial charge in [0.15, 0.2) is 11.6 Å². The van der Waals surface area contributed by atoms with Crippen molar-refractivity contribution in [3.63, 3.8) is 0 Å². The van der Waals surface area contributed by atoms with Gasteiger partial charge < -0.3 is 14.2 Å². The molecule has 1 fully saturated rings. The van der Waals surface area contributed by atoms with E-state index in [4.69, 9.17) is 32.5 Å². The highest BCUT2D eigenvalue weighted by molar-refractivity contribution is 6.37. The van der Waals surface area contributed by atoms with Crippen molar-refractivity contribution in [1.82, 2.24) is 15.0 Å². The van der Waals surface area contributed by atoms with Gasteiger partial charge in [0.05, 0.1) is 17.2 Å². The van der Waals surface area contributed by atoms with Crippen LogP contribution in [-0.4, -0.2) is 41.1 Å². The number of aryl methyl sites for hydroxylation is 1. The molecule has 24 heavy (non-hydrogen) atoms. The van der Waals surface area contributed by atoms with Crippen LogP contribution in [0, 0.1) is 6.92 Å². The van der Waals surface area contributed by atoms with Crippen LogP contribution in [0.15, 0.2) is 16.7 Å². The van der Waals surface area contributed by atoms with Gasteiger partial charge in [-0.15, -0.1) is 0 Å². The molecule has 0 aliphatic carbocycles. The summed E-state index contributed by atoms with van der Waals surface area (Å²) in [7, 11) is 1.48. The summed E-state index contributed by atoms with van der Waals surface area (Å²) in [6.45, 7) is 3.03.